The van der Waals surface area contributed by atoms with E-state index in [0.29, 0.717) is 16.0 Å². The van der Waals surface area contributed by atoms with Gasteiger partial charge in [-0.1, -0.05) is 18.3 Å². The number of hydrogen-bond donors (Lipinski definition) is 1. The van der Waals surface area contributed by atoms with Crippen molar-refractivity contribution in [2.75, 3.05) is 0 Å². The maximum Gasteiger partial charge on any atom is 0.132 e. The van der Waals surface area contributed by atoms with Gasteiger partial charge in [-0.05, 0) is 44.2 Å². The van der Waals surface area contributed by atoms with Gasteiger partial charge in [-0.15, -0.1) is 0 Å². The lowest BCUT2D eigenvalue weighted by Gasteiger charge is -2.43. The molecule has 0 amide bonds. The first kappa shape index (κ1) is 14.8. The molecule has 0 aliphatic carbocycles. The van der Waals surface area contributed by atoms with Gasteiger partial charge in [0, 0.05) is 11.8 Å². The van der Waals surface area contributed by atoms with Crippen molar-refractivity contribution in [1.82, 2.24) is 4.57 Å². The van der Waals surface area contributed by atoms with E-state index in [9.17, 15) is 5.11 Å². The number of aliphatic hydroxyl groups excluding tert-OH is 1. The van der Waals surface area contributed by atoms with Crippen LogP contribution in [0.1, 0.15) is 31.0 Å². The lowest BCUT2D eigenvalue weighted by molar-refractivity contribution is -0.0640. The predicted molar refractivity (Wildman–Crippen MR) is 85.3 cm³/mol. The van der Waals surface area contributed by atoms with Crippen LogP contribution in [0, 0.1) is 16.0 Å². The second-order valence-corrected chi connectivity index (χ2v) is 6.32. The number of aliphatic hydroxyl groups is 1. The maximum atomic E-state index is 10.8. The molecule has 3 rings (SSSR count). The van der Waals surface area contributed by atoms with Gasteiger partial charge in [-0.2, -0.15) is 5.26 Å². The second kappa shape index (κ2) is 5.24. The summed E-state index contributed by atoms with van der Waals surface area (Å²) in [6, 6.07) is 12.5. The molecule has 2 aromatic rings. The van der Waals surface area contributed by atoms with Gasteiger partial charge in [0.2, 0.25) is 0 Å². The van der Waals surface area contributed by atoms with E-state index >= 15 is 0 Å². The first-order chi connectivity index (χ1) is 10.4. The highest BCUT2D eigenvalue weighted by atomic mass is 32.1. The average molecular weight is 312 g/mol. The third-order valence-corrected chi connectivity index (χ3v) is 4.34. The Hall–Kier alpha value is -2.16. The molecule has 0 fully saturated rings. The number of fused-ring (bicyclic) bond motifs is 1. The third kappa shape index (κ3) is 2.31. The summed E-state index contributed by atoms with van der Waals surface area (Å²) in [5, 5.41) is 19.9. The zero-order chi connectivity index (χ0) is 15.9. The van der Waals surface area contributed by atoms with Gasteiger partial charge in [-0.3, -0.25) is 0 Å². The Morgan fingerprint density at radius 1 is 1.32 bits per heavy atom. The Morgan fingerprint density at radius 3 is 2.77 bits per heavy atom. The van der Waals surface area contributed by atoms with Crippen molar-refractivity contribution in [3.8, 4) is 11.8 Å². The molecule has 0 bridgehead atoms. The minimum absolute atomic E-state index is 0.388. The van der Waals surface area contributed by atoms with Crippen LogP contribution in [0.2, 0.25) is 0 Å². The molecular formula is C17H16N2O2S. The van der Waals surface area contributed by atoms with Crippen LogP contribution >= 0.6 is 12.2 Å². The number of pyridine rings is 1. The fourth-order valence-corrected chi connectivity index (χ4v) is 3.06. The van der Waals surface area contributed by atoms with E-state index in [4.69, 9.17) is 22.2 Å². The van der Waals surface area contributed by atoms with Crippen LogP contribution in [0.3, 0.4) is 0 Å². The van der Waals surface area contributed by atoms with Crippen molar-refractivity contribution in [2.24, 2.45) is 0 Å². The zero-order valence-electron chi connectivity index (χ0n) is 12.4. The number of benzene rings is 1. The lowest BCUT2D eigenvalue weighted by Crippen LogP contribution is -2.50. The molecule has 2 heterocycles. The Labute approximate surface area is 134 Å². The van der Waals surface area contributed by atoms with Crippen LogP contribution in [0.5, 0.6) is 5.75 Å². The van der Waals surface area contributed by atoms with Crippen LogP contribution in [0.15, 0.2) is 42.6 Å². The van der Waals surface area contributed by atoms with Gasteiger partial charge in [-0.25, -0.2) is 0 Å². The quantitative estimate of drug-likeness (QED) is 0.822. The largest absolute Gasteiger partial charge is 0.485 e. The highest BCUT2D eigenvalue weighted by Gasteiger charge is 2.43. The fraction of sp³-hybridized carbons (Fsp3) is 0.294. The standard InChI is InChI=1S/C17H16N2O2S/c1-17(2)16(20)15(19-8-4-3-5-14(19)22)12-9-11(10-18)6-7-13(12)21-17/h3-9,15-16,20H,1-2H3. The normalized spacial score (nSPS) is 22.3. The summed E-state index contributed by atoms with van der Waals surface area (Å²) in [4.78, 5) is 0. The summed E-state index contributed by atoms with van der Waals surface area (Å²) in [5.74, 6) is 0.671. The highest BCUT2D eigenvalue weighted by molar-refractivity contribution is 7.71. The first-order valence-electron chi connectivity index (χ1n) is 7.02. The molecule has 1 aliphatic heterocycles. The molecule has 1 N–H and O–H groups in total. The number of hydrogen-bond acceptors (Lipinski definition) is 4. The molecule has 0 spiro atoms. The van der Waals surface area contributed by atoms with Gasteiger partial charge < -0.3 is 14.4 Å². The summed E-state index contributed by atoms with van der Waals surface area (Å²) in [6.45, 7) is 3.69. The fourth-order valence-electron chi connectivity index (χ4n) is 2.81. The SMILES string of the molecule is CC1(C)Oc2ccc(C#N)cc2C(n2ccccc2=S)C1O. The molecule has 0 saturated carbocycles. The van der Waals surface area contributed by atoms with E-state index in [0.717, 1.165) is 5.56 Å². The Kier molecular flexibility index (Phi) is 3.51. The average Bonchev–Trinajstić information content (AvgIpc) is 2.49. The molecular weight excluding hydrogens is 296 g/mol. The van der Waals surface area contributed by atoms with Gasteiger partial charge >= 0.3 is 0 Å². The van der Waals surface area contributed by atoms with Crippen LogP contribution < -0.4 is 4.74 Å². The van der Waals surface area contributed by atoms with Crippen molar-refractivity contribution in [1.29, 1.82) is 5.26 Å². The van der Waals surface area contributed by atoms with Crippen molar-refractivity contribution in [3.63, 3.8) is 0 Å². The maximum absolute atomic E-state index is 10.8. The number of aromatic nitrogens is 1. The monoisotopic (exact) mass is 312 g/mol. The van der Waals surface area contributed by atoms with Crippen LogP contribution in [0.4, 0.5) is 0 Å². The number of nitriles is 1. The van der Waals surface area contributed by atoms with E-state index in [-0.39, 0.29) is 6.04 Å². The minimum atomic E-state index is -0.789. The molecule has 0 saturated heterocycles. The summed E-state index contributed by atoms with van der Waals surface area (Å²) < 4.78 is 8.39. The van der Waals surface area contributed by atoms with Gasteiger partial charge in [0.25, 0.3) is 0 Å². The summed E-state index contributed by atoms with van der Waals surface area (Å²) in [5.41, 5.74) is 0.547. The van der Waals surface area contributed by atoms with E-state index in [1.54, 1.807) is 18.2 Å². The van der Waals surface area contributed by atoms with Crippen LogP contribution in [-0.4, -0.2) is 21.4 Å². The molecule has 5 heteroatoms. The molecule has 1 aromatic heterocycles. The van der Waals surface area contributed by atoms with Crippen molar-refractivity contribution in [2.45, 2.75) is 31.6 Å². The molecule has 0 radical (unpaired) electrons. The van der Waals surface area contributed by atoms with Gasteiger partial charge in [0.05, 0.1) is 17.7 Å². The number of nitrogens with zero attached hydrogens (tertiary/aromatic N) is 2. The van der Waals surface area contributed by atoms with E-state index in [1.165, 1.54) is 0 Å². The molecule has 22 heavy (non-hydrogen) atoms. The van der Waals surface area contributed by atoms with Crippen LogP contribution in [0.25, 0.3) is 0 Å². The van der Waals surface area contributed by atoms with E-state index in [1.807, 2.05) is 42.8 Å². The summed E-state index contributed by atoms with van der Waals surface area (Å²) in [6.07, 6.45) is 1.06. The third-order valence-electron chi connectivity index (χ3n) is 3.99. The Balaban J connectivity index is 2.26. The lowest BCUT2D eigenvalue weighted by atomic mass is 9.85. The van der Waals surface area contributed by atoms with Crippen LogP contribution in [-0.2, 0) is 0 Å². The number of rotatable bonds is 1. The van der Waals surface area contributed by atoms with Crippen molar-refractivity contribution < 1.29 is 9.84 Å². The van der Waals surface area contributed by atoms with Gasteiger partial charge in [0.15, 0.2) is 0 Å². The Bertz CT molecular complexity index is 820. The molecule has 1 aliphatic rings. The molecule has 4 nitrogen and oxygen atoms in total. The molecule has 2 unspecified atom stereocenters. The Morgan fingerprint density at radius 2 is 2.09 bits per heavy atom. The van der Waals surface area contributed by atoms with E-state index in [2.05, 4.69) is 6.07 Å². The predicted octanol–water partition coefficient (Wildman–Crippen LogP) is 3.21. The minimum Gasteiger partial charge on any atom is -0.485 e. The summed E-state index contributed by atoms with van der Waals surface area (Å²) in [7, 11) is 0. The number of ether oxygens (including phenoxy) is 1. The highest BCUT2D eigenvalue weighted by Crippen LogP contribution is 2.42. The smallest absolute Gasteiger partial charge is 0.132 e. The molecule has 2 atom stereocenters. The molecule has 112 valence electrons. The van der Waals surface area contributed by atoms with Gasteiger partial charge in [0.1, 0.15) is 22.1 Å². The second-order valence-electron chi connectivity index (χ2n) is 5.91. The summed E-state index contributed by atoms with van der Waals surface area (Å²) >= 11 is 5.40. The molecule has 1 aromatic carbocycles. The topological polar surface area (TPSA) is 58.2 Å². The first-order valence-corrected chi connectivity index (χ1v) is 7.43. The van der Waals surface area contributed by atoms with E-state index < -0.39 is 11.7 Å². The van der Waals surface area contributed by atoms with Crippen molar-refractivity contribution in [3.05, 3.63) is 58.4 Å². The van der Waals surface area contributed by atoms with Crippen molar-refractivity contribution >= 4 is 12.2 Å². The zero-order valence-corrected chi connectivity index (χ0v) is 13.2.